The number of hydrogen-bond donors (Lipinski definition) is 1. The van der Waals surface area contributed by atoms with Crippen LogP contribution in [0, 0.1) is 10.1 Å². The number of nitro groups is 1. The van der Waals surface area contributed by atoms with E-state index in [1.807, 2.05) is 0 Å². The van der Waals surface area contributed by atoms with Crippen molar-refractivity contribution in [1.29, 1.82) is 0 Å². The topological polar surface area (TPSA) is 132 Å². The minimum absolute atomic E-state index is 0.478. The molecule has 0 aliphatic carbocycles. The molecule has 0 fully saturated rings. The van der Waals surface area contributed by atoms with Crippen molar-refractivity contribution in [2.45, 2.75) is 40.9 Å². The quantitative estimate of drug-likeness (QED) is 0.475. The second kappa shape index (κ2) is 6.45. The summed E-state index contributed by atoms with van der Waals surface area (Å²) >= 11 is 0. The van der Waals surface area contributed by atoms with Gasteiger partial charge in [0.05, 0.1) is 9.82 Å². The molecule has 0 aliphatic heterocycles. The van der Waals surface area contributed by atoms with Crippen molar-refractivity contribution in [2.24, 2.45) is 0 Å². The summed E-state index contributed by atoms with van der Waals surface area (Å²) in [4.78, 5) is 8.08. The Morgan fingerprint density at radius 3 is 2.00 bits per heavy atom. The molecule has 140 valence electrons. The van der Waals surface area contributed by atoms with Crippen molar-refractivity contribution in [2.75, 3.05) is 0 Å². The third kappa shape index (κ3) is 3.76. The van der Waals surface area contributed by atoms with Crippen LogP contribution in [0.25, 0.3) is 0 Å². The van der Waals surface area contributed by atoms with E-state index in [4.69, 9.17) is 0 Å². The standard InChI is InChI=1S/C16H17NO7S2/c1-16(2,3)11-8-9-14(15(10-11)26(22,23)24)25(20,21)13-7-5-4-6-12(13)17(18)19/h4-10H,1-3H3,(H,22,23,24). The molecule has 0 radical (unpaired) electrons. The van der Waals surface area contributed by atoms with Gasteiger partial charge in [0.1, 0.15) is 9.79 Å². The minimum atomic E-state index is -4.89. The van der Waals surface area contributed by atoms with Crippen LogP contribution in [0.1, 0.15) is 26.3 Å². The normalized spacial score (nSPS) is 12.8. The summed E-state index contributed by atoms with van der Waals surface area (Å²) in [6, 6.07) is 8.12. The number of rotatable bonds is 4. The molecule has 0 aliphatic rings. The highest BCUT2D eigenvalue weighted by Gasteiger charge is 2.33. The van der Waals surface area contributed by atoms with Crippen LogP contribution in [-0.4, -0.2) is 26.3 Å². The van der Waals surface area contributed by atoms with Crippen LogP contribution < -0.4 is 0 Å². The average molecular weight is 399 g/mol. The van der Waals surface area contributed by atoms with E-state index in [1.165, 1.54) is 18.2 Å². The van der Waals surface area contributed by atoms with Crippen LogP contribution in [0.4, 0.5) is 5.69 Å². The summed E-state index contributed by atoms with van der Waals surface area (Å²) in [6.45, 7) is 5.35. The fraction of sp³-hybridized carbons (Fsp3) is 0.250. The molecular weight excluding hydrogens is 382 g/mol. The second-order valence-electron chi connectivity index (χ2n) is 6.61. The smallest absolute Gasteiger partial charge is 0.282 e. The van der Waals surface area contributed by atoms with E-state index in [9.17, 15) is 31.5 Å². The van der Waals surface area contributed by atoms with Gasteiger partial charge in [-0.3, -0.25) is 14.7 Å². The molecular formula is C16H17NO7S2. The van der Waals surface area contributed by atoms with Crippen molar-refractivity contribution in [1.82, 2.24) is 0 Å². The summed E-state index contributed by atoms with van der Waals surface area (Å²) in [7, 11) is -9.46. The Bertz CT molecular complexity index is 1080. The molecule has 2 aromatic carbocycles. The highest BCUT2D eigenvalue weighted by molar-refractivity contribution is 7.93. The van der Waals surface area contributed by atoms with Crippen molar-refractivity contribution < 1.29 is 26.3 Å². The molecule has 0 saturated carbocycles. The van der Waals surface area contributed by atoms with Gasteiger partial charge in [0.25, 0.3) is 15.8 Å². The van der Waals surface area contributed by atoms with Gasteiger partial charge in [-0.2, -0.15) is 8.42 Å². The molecule has 0 aromatic heterocycles. The van der Waals surface area contributed by atoms with Crippen LogP contribution in [0.3, 0.4) is 0 Å². The van der Waals surface area contributed by atoms with Gasteiger partial charge in [-0.25, -0.2) is 8.42 Å². The molecule has 1 N–H and O–H groups in total. The maximum absolute atomic E-state index is 12.9. The second-order valence-corrected chi connectivity index (χ2v) is 9.89. The summed E-state index contributed by atoms with van der Waals surface area (Å²) in [5.41, 5.74) is -0.721. The lowest BCUT2D eigenvalue weighted by Gasteiger charge is -2.20. The zero-order chi connectivity index (χ0) is 19.9. The lowest BCUT2D eigenvalue weighted by molar-refractivity contribution is -0.387. The van der Waals surface area contributed by atoms with E-state index in [1.54, 1.807) is 20.8 Å². The van der Waals surface area contributed by atoms with Crippen LogP contribution in [0.5, 0.6) is 0 Å². The van der Waals surface area contributed by atoms with E-state index < -0.39 is 50.7 Å². The Morgan fingerprint density at radius 1 is 0.923 bits per heavy atom. The third-order valence-electron chi connectivity index (χ3n) is 3.73. The first-order valence-corrected chi connectivity index (χ1v) is 10.3. The molecule has 0 amide bonds. The highest BCUT2D eigenvalue weighted by Crippen LogP contribution is 2.35. The fourth-order valence-corrected chi connectivity index (χ4v) is 5.08. The molecule has 0 unspecified atom stereocenters. The lowest BCUT2D eigenvalue weighted by Crippen LogP contribution is -2.16. The van der Waals surface area contributed by atoms with E-state index >= 15 is 0 Å². The number of nitrogens with zero attached hydrogens (tertiary/aromatic N) is 1. The maximum atomic E-state index is 12.9. The predicted molar refractivity (Wildman–Crippen MR) is 93.5 cm³/mol. The zero-order valence-corrected chi connectivity index (χ0v) is 15.8. The predicted octanol–water partition coefficient (Wildman–Crippen LogP) is 2.97. The number of para-hydroxylation sites is 1. The van der Waals surface area contributed by atoms with Gasteiger partial charge < -0.3 is 0 Å². The number of benzene rings is 2. The molecule has 26 heavy (non-hydrogen) atoms. The Hall–Kier alpha value is -2.30. The van der Waals surface area contributed by atoms with Crippen LogP contribution in [-0.2, 0) is 25.4 Å². The van der Waals surface area contributed by atoms with Crippen LogP contribution >= 0.6 is 0 Å². The van der Waals surface area contributed by atoms with Gasteiger partial charge in [-0.15, -0.1) is 0 Å². The maximum Gasteiger partial charge on any atom is 0.295 e. The highest BCUT2D eigenvalue weighted by atomic mass is 32.2. The molecule has 8 nitrogen and oxygen atoms in total. The monoisotopic (exact) mass is 399 g/mol. The van der Waals surface area contributed by atoms with Gasteiger partial charge in [0.2, 0.25) is 9.84 Å². The first kappa shape index (κ1) is 20.0. The van der Waals surface area contributed by atoms with Gasteiger partial charge in [-0.1, -0.05) is 39.0 Å². The van der Waals surface area contributed by atoms with E-state index in [0.717, 1.165) is 24.3 Å². The third-order valence-corrected chi connectivity index (χ3v) is 6.61. The summed E-state index contributed by atoms with van der Waals surface area (Å²) in [5.74, 6) is 0. The molecule has 0 saturated heterocycles. The Balaban J connectivity index is 2.86. The first-order chi connectivity index (χ1) is 11.8. The van der Waals surface area contributed by atoms with Gasteiger partial charge in [0, 0.05) is 6.07 Å². The molecule has 2 aromatic rings. The van der Waals surface area contributed by atoms with E-state index in [2.05, 4.69) is 0 Å². The van der Waals surface area contributed by atoms with Crippen LogP contribution in [0.2, 0.25) is 0 Å². The van der Waals surface area contributed by atoms with Gasteiger partial charge in [0.15, 0.2) is 0 Å². The zero-order valence-electron chi connectivity index (χ0n) is 14.2. The Morgan fingerprint density at radius 2 is 1.50 bits per heavy atom. The summed E-state index contributed by atoms with van der Waals surface area (Å²) < 4.78 is 58.9. The lowest BCUT2D eigenvalue weighted by atomic mass is 9.87. The molecule has 10 heteroatoms. The number of sulfone groups is 1. The van der Waals surface area contributed by atoms with Crippen LogP contribution in [0.15, 0.2) is 57.2 Å². The molecule has 0 bridgehead atoms. The SMILES string of the molecule is CC(C)(C)c1ccc(S(=O)(=O)c2ccccc2[N+](=O)[O-])c(S(=O)(=O)O)c1. The Kier molecular flexibility index (Phi) is 4.97. The first-order valence-electron chi connectivity index (χ1n) is 7.37. The van der Waals surface area contributed by atoms with Crippen molar-refractivity contribution >= 4 is 25.6 Å². The average Bonchev–Trinajstić information content (AvgIpc) is 2.52. The Labute approximate surface area is 151 Å². The van der Waals surface area contributed by atoms with Crippen molar-refractivity contribution in [3.05, 3.63) is 58.1 Å². The van der Waals surface area contributed by atoms with Crippen molar-refractivity contribution in [3.63, 3.8) is 0 Å². The largest absolute Gasteiger partial charge is 0.295 e. The minimum Gasteiger partial charge on any atom is -0.282 e. The molecule has 0 atom stereocenters. The van der Waals surface area contributed by atoms with E-state index in [0.29, 0.717) is 5.56 Å². The molecule has 2 rings (SSSR count). The number of hydrogen-bond acceptors (Lipinski definition) is 6. The summed E-state index contributed by atoms with van der Waals surface area (Å²) in [5, 5.41) is 11.1. The van der Waals surface area contributed by atoms with E-state index in [-0.39, 0.29) is 0 Å². The fourth-order valence-electron chi connectivity index (χ4n) is 2.35. The number of nitro benzene ring substituents is 1. The van der Waals surface area contributed by atoms with Gasteiger partial charge >= 0.3 is 0 Å². The molecule has 0 spiro atoms. The van der Waals surface area contributed by atoms with Gasteiger partial charge in [-0.05, 0) is 29.2 Å². The van der Waals surface area contributed by atoms with Crippen molar-refractivity contribution in [3.8, 4) is 0 Å². The molecule has 0 heterocycles. The summed E-state index contributed by atoms with van der Waals surface area (Å²) in [6.07, 6.45) is 0.